The van der Waals surface area contributed by atoms with Crippen molar-refractivity contribution >= 4 is 53.1 Å². The van der Waals surface area contributed by atoms with Crippen molar-refractivity contribution in [2.75, 3.05) is 0 Å². The van der Waals surface area contributed by atoms with Crippen LogP contribution in [0.3, 0.4) is 0 Å². The van der Waals surface area contributed by atoms with Gasteiger partial charge in [-0.1, -0.05) is 176 Å². The third kappa shape index (κ3) is 6.04. The Hall–Kier alpha value is -7.27. The summed E-state index contributed by atoms with van der Waals surface area (Å²) >= 11 is 1.79. The van der Waals surface area contributed by atoms with E-state index in [9.17, 15) is 0 Å². The van der Waals surface area contributed by atoms with Gasteiger partial charge in [-0.05, 0) is 79.2 Å². The number of aromatic nitrogens is 3. The van der Waals surface area contributed by atoms with Crippen LogP contribution in [0.1, 0.15) is 0 Å². The maximum atomic E-state index is 5.19. The van der Waals surface area contributed by atoms with Gasteiger partial charge in [0.2, 0.25) is 0 Å². The summed E-state index contributed by atoms with van der Waals surface area (Å²) in [5, 5.41) is 7.36. The summed E-state index contributed by atoms with van der Waals surface area (Å²) in [7, 11) is 0. The molecule has 0 fully saturated rings. The fourth-order valence-electron chi connectivity index (χ4n) is 8.00. The van der Waals surface area contributed by atoms with E-state index in [1.54, 1.807) is 11.3 Å². The summed E-state index contributed by atoms with van der Waals surface area (Å²) in [6.07, 6.45) is 0. The maximum Gasteiger partial charge on any atom is 0.165 e. The normalized spacial score (nSPS) is 11.5. The lowest BCUT2D eigenvalue weighted by molar-refractivity contribution is 1.08. The molecule has 0 saturated carbocycles. The van der Waals surface area contributed by atoms with Crippen molar-refractivity contribution in [2.45, 2.75) is 0 Å². The van der Waals surface area contributed by atoms with Gasteiger partial charge < -0.3 is 0 Å². The van der Waals surface area contributed by atoms with Crippen molar-refractivity contribution in [1.29, 1.82) is 0 Å². The lowest BCUT2D eigenvalue weighted by Gasteiger charge is -2.11. The molecule has 3 nitrogen and oxygen atoms in total. The van der Waals surface area contributed by atoms with E-state index in [0.29, 0.717) is 17.5 Å². The second-order valence-electron chi connectivity index (χ2n) is 14.4. The molecule has 57 heavy (non-hydrogen) atoms. The molecule has 0 saturated heterocycles. The van der Waals surface area contributed by atoms with E-state index in [2.05, 4.69) is 200 Å². The quantitative estimate of drug-likeness (QED) is 0.170. The highest BCUT2D eigenvalue weighted by molar-refractivity contribution is 7.26. The number of fused-ring (bicyclic) bond motifs is 5. The molecule has 0 amide bonds. The fraction of sp³-hybridized carbons (Fsp3) is 0. The smallest absolute Gasteiger partial charge is 0.165 e. The Bertz CT molecular complexity index is 3270. The van der Waals surface area contributed by atoms with Gasteiger partial charge in [-0.2, -0.15) is 0 Å². The van der Waals surface area contributed by atoms with Crippen LogP contribution in [0, 0.1) is 0 Å². The average Bonchev–Trinajstić information content (AvgIpc) is 3.68. The third-order valence-electron chi connectivity index (χ3n) is 10.9. The third-order valence-corrected chi connectivity index (χ3v) is 12.2. The Morgan fingerprint density at radius 1 is 0.281 bits per heavy atom. The van der Waals surface area contributed by atoms with Crippen molar-refractivity contribution in [2.24, 2.45) is 0 Å². The molecule has 11 rings (SSSR count). The van der Waals surface area contributed by atoms with Crippen LogP contribution in [0.15, 0.2) is 200 Å². The van der Waals surface area contributed by atoms with Gasteiger partial charge in [0, 0.05) is 36.9 Å². The summed E-state index contributed by atoms with van der Waals surface area (Å²) in [5.74, 6) is 1.95. The average molecular weight is 744 g/mol. The molecule has 0 spiro atoms. The largest absolute Gasteiger partial charge is 0.208 e. The number of benzene rings is 9. The number of rotatable bonds is 6. The highest BCUT2D eigenvalue weighted by Gasteiger charge is 2.17. The zero-order chi connectivity index (χ0) is 37.7. The van der Waals surface area contributed by atoms with Crippen LogP contribution in [-0.4, -0.2) is 15.0 Å². The lowest BCUT2D eigenvalue weighted by Crippen LogP contribution is -2.00. The molecule has 4 heteroatoms. The van der Waals surface area contributed by atoms with Gasteiger partial charge in [-0.3, -0.25) is 0 Å². The van der Waals surface area contributed by atoms with Gasteiger partial charge in [-0.25, -0.2) is 15.0 Å². The van der Waals surface area contributed by atoms with Crippen LogP contribution in [0.4, 0.5) is 0 Å². The first-order chi connectivity index (χ1) is 28.2. The van der Waals surface area contributed by atoms with Gasteiger partial charge >= 0.3 is 0 Å². The molecule has 0 radical (unpaired) electrons. The molecule has 0 aliphatic rings. The highest BCUT2D eigenvalue weighted by atomic mass is 32.1. The predicted molar refractivity (Wildman–Crippen MR) is 240 cm³/mol. The van der Waals surface area contributed by atoms with Crippen LogP contribution in [0.2, 0.25) is 0 Å². The Morgan fingerprint density at radius 2 is 0.789 bits per heavy atom. The standard InChI is InChI=1S/C53H33N3S/c1-2-10-34(11-3-1)41-30-22-36-23-31-42(33-43(36)32-41)35-20-26-39(27-21-35)51-54-52(40-28-24-38(25-29-40)45-16-8-13-37-12-4-5-14-44(37)45)56-53(55-51)48-18-9-17-47-46-15-6-7-19-49(46)57-50(47)48/h1-33H. The molecule has 11 aromatic rings. The first-order valence-electron chi connectivity index (χ1n) is 19.2. The van der Waals surface area contributed by atoms with Crippen molar-refractivity contribution in [3.63, 3.8) is 0 Å². The van der Waals surface area contributed by atoms with Crippen molar-refractivity contribution in [3.05, 3.63) is 200 Å². The van der Waals surface area contributed by atoms with Gasteiger partial charge in [0.15, 0.2) is 17.5 Å². The van der Waals surface area contributed by atoms with Gasteiger partial charge in [0.05, 0.1) is 0 Å². The van der Waals surface area contributed by atoms with Crippen LogP contribution in [0.25, 0.3) is 109 Å². The first-order valence-corrected chi connectivity index (χ1v) is 20.0. The van der Waals surface area contributed by atoms with E-state index in [-0.39, 0.29) is 0 Å². The first kappa shape index (κ1) is 33.1. The predicted octanol–water partition coefficient (Wildman–Crippen LogP) is 14.5. The number of thiophene rings is 1. The minimum atomic E-state index is 0.642. The fourth-order valence-corrected chi connectivity index (χ4v) is 9.21. The van der Waals surface area contributed by atoms with Gasteiger partial charge in [-0.15, -0.1) is 11.3 Å². The van der Waals surface area contributed by atoms with E-state index in [0.717, 1.165) is 27.8 Å². The topological polar surface area (TPSA) is 38.7 Å². The summed E-state index contributed by atoms with van der Waals surface area (Å²) < 4.78 is 2.43. The van der Waals surface area contributed by atoms with Crippen LogP contribution >= 0.6 is 11.3 Å². The SMILES string of the molecule is c1ccc(-c2ccc3ccc(-c4ccc(-c5nc(-c6ccc(-c7cccc8ccccc78)cc6)nc(-c6cccc7c6sc6ccccc67)n5)cc4)cc3c2)cc1. The number of hydrogen-bond donors (Lipinski definition) is 0. The van der Waals surface area contributed by atoms with Crippen LogP contribution < -0.4 is 0 Å². The van der Waals surface area contributed by atoms with E-state index >= 15 is 0 Å². The summed E-state index contributed by atoms with van der Waals surface area (Å²) in [4.78, 5) is 15.5. The molecule has 0 unspecified atom stereocenters. The molecule has 0 bridgehead atoms. The zero-order valence-corrected chi connectivity index (χ0v) is 31.6. The zero-order valence-electron chi connectivity index (χ0n) is 30.8. The monoisotopic (exact) mass is 743 g/mol. The van der Waals surface area contributed by atoms with Crippen molar-refractivity contribution in [3.8, 4) is 67.5 Å². The lowest BCUT2D eigenvalue weighted by atomic mass is 9.97. The van der Waals surface area contributed by atoms with Crippen LogP contribution in [-0.2, 0) is 0 Å². The molecule has 9 aromatic carbocycles. The van der Waals surface area contributed by atoms with Crippen LogP contribution in [0.5, 0.6) is 0 Å². The minimum Gasteiger partial charge on any atom is -0.208 e. The molecular weight excluding hydrogens is 711 g/mol. The molecule has 2 heterocycles. The van der Waals surface area contributed by atoms with Crippen molar-refractivity contribution < 1.29 is 0 Å². The molecule has 2 aromatic heterocycles. The molecule has 0 atom stereocenters. The summed E-state index contributed by atoms with van der Waals surface area (Å²) in [5.41, 5.74) is 9.98. The summed E-state index contributed by atoms with van der Waals surface area (Å²) in [6.45, 7) is 0. The van der Waals surface area contributed by atoms with E-state index in [1.165, 1.54) is 64.0 Å². The molecule has 0 N–H and O–H groups in total. The van der Waals surface area contributed by atoms with E-state index in [1.807, 2.05) is 0 Å². The van der Waals surface area contributed by atoms with Crippen molar-refractivity contribution in [1.82, 2.24) is 15.0 Å². The minimum absolute atomic E-state index is 0.642. The van der Waals surface area contributed by atoms with Gasteiger partial charge in [0.25, 0.3) is 0 Å². The highest BCUT2D eigenvalue weighted by Crippen LogP contribution is 2.40. The number of hydrogen-bond acceptors (Lipinski definition) is 4. The van der Waals surface area contributed by atoms with Gasteiger partial charge in [0.1, 0.15) is 0 Å². The second-order valence-corrected chi connectivity index (χ2v) is 15.5. The van der Waals surface area contributed by atoms with E-state index < -0.39 is 0 Å². The Morgan fingerprint density at radius 3 is 1.53 bits per heavy atom. The second kappa shape index (κ2) is 13.8. The summed E-state index contributed by atoms with van der Waals surface area (Å²) in [6, 6.07) is 71.2. The molecule has 0 aliphatic heterocycles. The van der Waals surface area contributed by atoms with E-state index in [4.69, 9.17) is 15.0 Å². The molecular formula is C53H33N3S. The Balaban J connectivity index is 1.00. The Kier molecular flexibility index (Phi) is 8.01. The number of nitrogens with zero attached hydrogens (tertiary/aromatic N) is 3. The molecule has 266 valence electrons. The maximum absolute atomic E-state index is 5.19. The Labute approximate surface area is 334 Å². The molecule has 0 aliphatic carbocycles.